The van der Waals surface area contributed by atoms with E-state index in [0.717, 1.165) is 12.1 Å². The number of hydrogen-bond acceptors (Lipinski definition) is 5. The van der Waals surface area contributed by atoms with Crippen LogP contribution in [0.5, 0.6) is 0 Å². The van der Waals surface area contributed by atoms with E-state index in [1.807, 2.05) is 0 Å². The van der Waals surface area contributed by atoms with Gasteiger partial charge in [0.2, 0.25) is 5.91 Å². The first-order valence-electron chi connectivity index (χ1n) is 6.14. The fourth-order valence-corrected chi connectivity index (χ4v) is 2.79. The van der Waals surface area contributed by atoms with Crippen molar-refractivity contribution >= 4 is 23.5 Å². The number of carbonyl (C=O) groups excluding carboxylic acids is 2. The van der Waals surface area contributed by atoms with Crippen molar-refractivity contribution in [1.82, 2.24) is 15.3 Å². The summed E-state index contributed by atoms with van der Waals surface area (Å²) < 4.78 is 0. The van der Waals surface area contributed by atoms with Crippen molar-refractivity contribution in [2.75, 3.05) is 12.8 Å². The van der Waals surface area contributed by atoms with Gasteiger partial charge in [0.1, 0.15) is 0 Å². The number of fused-ring (bicyclic) bond motifs is 1. The van der Waals surface area contributed by atoms with Crippen LogP contribution in [0.1, 0.15) is 36.3 Å². The standard InChI is InChI=1S/C13H17N3O2S/c1-13(2)4-9-8(10(17)5-13)6-15-12(16-9)19-7-11(18)14-3/h6H,4-5,7H2,1-3H3,(H,14,18). The molecule has 0 spiro atoms. The summed E-state index contributed by atoms with van der Waals surface area (Å²) in [6, 6.07) is 0. The number of thioether (sulfide) groups is 1. The van der Waals surface area contributed by atoms with Gasteiger partial charge in [0.25, 0.3) is 0 Å². The molecule has 0 aliphatic heterocycles. The molecule has 19 heavy (non-hydrogen) atoms. The first kappa shape index (κ1) is 14.0. The third kappa shape index (κ3) is 3.32. The van der Waals surface area contributed by atoms with Crippen LogP contribution < -0.4 is 5.32 Å². The van der Waals surface area contributed by atoms with E-state index in [1.54, 1.807) is 13.2 Å². The van der Waals surface area contributed by atoms with Gasteiger partial charge >= 0.3 is 0 Å². The lowest BCUT2D eigenvalue weighted by Gasteiger charge is -2.29. The SMILES string of the molecule is CNC(=O)CSc1ncc2c(n1)CC(C)(C)CC2=O. The molecular formula is C13H17N3O2S. The molecule has 1 aromatic heterocycles. The molecule has 0 saturated heterocycles. The van der Waals surface area contributed by atoms with Crippen LogP contribution in [-0.2, 0) is 11.2 Å². The fourth-order valence-electron chi connectivity index (χ4n) is 2.08. The molecule has 1 aromatic rings. The summed E-state index contributed by atoms with van der Waals surface area (Å²) in [5, 5.41) is 3.10. The number of nitrogens with zero attached hydrogens (tertiary/aromatic N) is 2. The Labute approximate surface area is 116 Å². The molecule has 1 N–H and O–H groups in total. The zero-order valence-corrected chi connectivity index (χ0v) is 12.1. The lowest BCUT2D eigenvalue weighted by Crippen LogP contribution is -2.28. The van der Waals surface area contributed by atoms with Gasteiger partial charge in [-0.15, -0.1) is 0 Å². The minimum atomic E-state index is -0.0669. The van der Waals surface area contributed by atoms with Gasteiger partial charge < -0.3 is 5.32 Å². The van der Waals surface area contributed by atoms with Crippen LogP contribution in [-0.4, -0.2) is 34.5 Å². The summed E-state index contributed by atoms with van der Waals surface area (Å²) in [6.07, 6.45) is 2.89. The summed E-state index contributed by atoms with van der Waals surface area (Å²) in [5.41, 5.74) is 1.38. The average Bonchev–Trinajstić information content (AvgIpc) is 2.33. The number of rotatable bonds is 3. The third-order valence-electron chi connectivity index (χ3n) is 3.04. The zero-order valence-electron chi connectivity index (χ0n) is 11.3. The smallest absolute Gasteiger partial charge is 0.230 e. The lowest BCUT2D eigenvalue weighted by molar-refractivity contribution is -0.118. The van der Waals surface area contributed by atoms with Gasteiger partial charge in [-0.1, -0.05) is 25.6 Å². The predicted octanol–water partition coefficient (Wildman–Crippen LogP) is 1.47. The van der Waals surface area contributed by atoms with Crippen molar-refractivity contribution in [3.63, 3.8) is 0 Å². The van der Waals surface area contributed by atoms with Crippen molar-refractivity contribution in [2.45, 2.75) is 31.8 Å². The van der Waals surface area contributed by atoms with E-state index in [2.05, 4.69) is 29.1 Å². The monoisotopic (exact) mass is 279 g/mol. The number of aromatic nitrogens is 2. The van der Waals surface area contributed by atoms with Gasteiger partial charge in [0.05, 0.1) is 17.0 Å². The Morgan fingerprint density at radius 2 is 2.21 bits per heavy atom. The second-order valence-corrected chi connectivity index (χ2v) is 6.36. The van der Waals surface area contributed by atoms with Gasteiger partial charge in [-0.25, -0.2) is 9.97 Å². The highest BCUT2D eigenvalue weighted by Crippen LogP contribution is 2.34. The largest absolute Gasteiger partial charge is 0.358 e. The Morgan fingerprint density at radius 1 is 1.47 bits per heavy atom. The van der Waals surface area contributed by atoms with E-state index in [1.165, 1.54) is 11.8 Å². The Morgan fingerprint density at radius 3 is 2.89 bits per heavy atom. The minimum absolute atomic E-state index is 0.0544. The van der Waals surface area contributed by atoms with Crippen LogP contribution in [0.25, 0.3) is 0 Å². The van der Waals surface area contributed by atoms with Crippen molar-refractivity contribution < 1.29 is 9.59 Å². The van der Waals surface area contributed by atoms with E-state index in [9.17, 15) is 9.59 Å². The van der Waals surface area contributed by atoms with Crippen molar-refractivity contribution in [1.29, 1.82) is 0 Å². The predicted molar refractivity (Wildman–Crippen MR) is 73.3 cm³/mol. The molecule has 6 heteroatoms. The lowest BCUT2D eigenvalue weighted by atomic mass is 9.76. The highest BCUT2D eigenvalue weighted by atomic mass is 32.2. The zero-order chi connectivity index (χ0) is 14.0. The van der Waals surface area contributed by atoms with Crippen LogP contribution in [0.4, 0.5) is 0 Å². The Kier molecular flexibility index (Phi) is 3.89. The molecule has 1 amide bonds. The highest BCUT2D eigenvalue weighted by molar-refractivity contribution is 7.99. The first-order chi connectivity index (χ1) is 8.91. The summed E-state index contributed by atoms with van der Waals surface area (Å²) >= 11 is 1.28. The van der Waals surface area contributed by atoms with E-state index in [4.69, 9.17) is 0 Å². The van der Waals surface area contributed by atoms with Gasteiger partial charge in [-0.05, 0) is 11.8 Å². The van der Waals surface area contributed by atoms with E-state index in [0.29, 0.717) is 17.1 Å². The molecule has 1 heterocycles. The summed E-state index contributed by atoms with van der Waals surface area (Å²) in [4.78, 5) is 31.7. The molecule has 5 nitrogen and oxygen atoms in total. The van der Waals surface area contributed by atoms with E-state index < -0.39 is 0 Å². The number of Topliss-reactive ketones (excluding diaryl/α,β-unsaturated/α-hetero) is 1. The second-order valence-electron chi connectivity index (χ2n) is 5.42. The quantitative estimate of drug-likeness (QED) is 0.670. The van der Waals surface area contributed by atoms with E-state index >= 15 is 0 Å². The van der Waals surface area contributed by atoms with Gasteiger partial charge in [0, 0.05) is 19.7 Å². The molecular weight excluding hydrogens is 262 g/mol. The highest BCUT2D eigenvalue weighted by Gasteiger charge is 2.32. The van der Waals surface area contributed by atoms with Crippen molar-refractivity contribution in [3.05, 3.63) is 17.5 Å². The summed E-state index contributed by atoms with van der Waals surface area (Å²) in [7, 11) is 1.60. The van der Waals surface area contributed by atoms with Gasteiger partial charge in [0.15, 0.2) is 10.9 Å². The van der Waals surface area contributed by atoms with Crippen LogP contribution in [0, 0.1) is 5.41 Å². The molecule has 0 bridgehead atoms. The molecule has 2 rings (SSSR count). The van der Waals surface area contributed by atoms with Crippen LogP contribution in [0.15, 0.2) is 11.4 Å². The first-order valence-corrected chi connectivity index (χ1v) is 7.12. The maximum Gasteiger partial charge on any atom is 0.230 e. The molecule has 0 radical (unpaired) electrons. The number of hydrogen-bond donors (Lipinski definition) is 1. The molecule has 0 aromatic carbocycles. The Bertz CT molecular complexity index is 529. The maximum absolute atomic E-state index is 12.0. The number of amides is 1. The maximum atomic E-state index is 12.0. The molecule has 1 aliphatic rings. The minimum Gasteiger partial charge on any atom is -0.358 e. The molecule has 0 saturated carbocycles. The molecule has 0 unspecified atom stereocenters. The van der Waals surface area contributed by atoms with E-state index in [-0.39, 0.29) is 22.9 Å². The number of ketones is 1. The van der Waals surface area contributed by atoms with Crippen molar-refractivity contribution in [3.8, 4) is 0 Å². The normalized spacial score (nSPS) is 16.9. The third-order valence-corrected chi connectivity index (χ3v) is 3.90. The number of carbonyl (C=O) groups is 2. The van der Waals surface area contributed by atoms with Gasteiger partial charge in [-0.3, -0.25) is 9.59 Å². The molecule has 0 atom stereocenters. The molecule has 1 aliphatic carbocycles. The number of nitrogens with one attached hydrogen (secondary N) is 1. The molecule has 102 valence electrons. The average molecular weight is 279 g/mol. The summed E-state index contributed by atoms with van der Waals surface area (Å²) in [5.74, 6) is 0.323. The topological polar surface area (TPSA) is 72.0 Å². The van der Waals surface area contributed by atoms with Crippen molar-refractivity contribution in [2.24, 2.45) is 5.41 Å². The van der Waals surface area contributed by atoms with Gasteiger partial charge in [-0.2, -0.15) is 0 Å². The van der Waals surface area contributed by atoms with Crippen LogP contribution in [0.3, 0.4) is 0 Å². The van der Waals surface area contributed by atoms with Crippen LogP contribution in [0.2, 0.25) is 0 Å². The summed E-state index contributed by atoms with van der Waals surface area (Å²) in [6.45, 7) is 4.13. The Hall–Kier alpha value is -1.43. The molecule has 0 fully saturated rings. The second kappa shape index (κ2) is 5.28. The fraction of sp³-hybridized carbons (Fsp3) is 0.538. The van der Waals surface area contributed by atoms with Crippen LogP contribution >= 0.6 is 11.8 Å². The Balaban J connectivity index is 2.19.